The van der Waals surface area contributed by atoms with Gasteiger partial charge in [-0.25, -0.2) is 14.6 Å². The molecule has 2 atom stereocenters. The van der Waals surface area contributed by atoms with Gasteiger partial charge in [-0.2, -0.15) is 13.2 Å². The topological polar surface area (TPSA) is 107 Å². The fourth-order valence-electron chi connectivity index (χ4n) is 4.30. The Morgan fingerprint density at radius 1 is 1.08 bits per heavy atom. The van der Waals surface area contributed by atoms with Gasteiger partial charge in [0.2, 0.25) is 5.88 Å². The number of aliphatic hydroxyl groups is 1. The van der Waals surface area contributed by atoms with Crippen LogP contribution in [0.3, 0.4) is 0 Å². The maximum Gasteiger partial charge on any atom is 0.422 e. The number of halogens is 4. The number of benzene rings is 2. The van der Waals surface area contributed by atoms with Crippen molar-refractivity contribution < 1.29 is 32.9 Å². The second kappa shape index (κ2) is 9.24. The summed E-state index contributed by atoms with van der Waals surface area (Å²) in [7, 11) is 2.92. The number of imidazole rings is 1. The minimum absolute atomic E-state index is 0.0321. The van der Waals surface area contributed by atoms with Crippen LogP contribution in [0.15, 0.2) is 59.5 Å². The second-order valence-electron chi connectivity index (χ2n) is 8.54. The minimum Gasteiger partial charge on any atom is -0.477 e. The number of aromatic carboxylic acids is 1. The van der Waals surface area contributed by atoms with Crippen LogP contribution in [0.5, 0.6) is 11.6 Å². The van der Waals surface area contributed by atoms with Crippen LogP contribution >= 0.6 is 11.6 Å². The average Bonchev–Trinajstić information content (AvgIpc) is 3.06. The van der Waals surface area contributed by atoms with Gasteiger partial charge in [-0.05, 0) is 47.5 Å². The van der Waals surface area contributed by atoms with Crippen LogP contribution in [0.4, 0.5) is 13.2 Å². The zero-order chi connectivity index (χ0) is 27.3. The number of carboxylic acid groups (broad SMARTS) is 1. The third-order valence-corrected chi connectivity index (χ3v) is 6.75. The SMILES string of the molecule is C[C@H](c1ccc(Oc2ncccc2C(=O)O)cc1Cl)[C@@](O)(c1ccc2c(c1)n(C)c(=O)n2C)C(F)(F)F. The third-order valence-electron chi connectivity index (χ3n) is 6.43. The standard InChI is InChI=1S/C25H21ClF3N3O5/c1-13(16-8-7-15(12-18(16)26)37-21-17(22(33)34)5-4-10-30-21)24(36,25(27,28)29)14-6-9-19-20(11-14)32(3)23(35)31(19)2/h4-13,36H,1-3H3,(H,33,34)/t13-,24-/m1/s1. The van der Waals surface area contributed by atoms with Gasteiger partial charge in [0.05, 0.1) is 11.0 Å². The molecule has 4 rings (SSSR count). The zero-order valence-corrected chi connectivity index (χ0v) is 20.5. The fraction of sp³-hybridized carbons (Fsp3) is 0.240. The Bertz CT molecular complexity index is 1580. The van der Waals surface area contributed by atoms with Crippen molar-refractivity contribution in [1.82, 2.24) is 14.1 Å². The molecule has 194 valence electrons. The molecule has 0 spiro atoms. The largest absolute Gasteiger partial charge is 0.477 e. The average molecular weight is 536 g/mol. The molecule has 0 amide bonds. The Hall–Kier alpha value is -3.83. The van der Waals surface area contributed by atoms with Gasteiger partial charge in [-0.3, -0.25) is 9.13 Å². The van der Waals surface area contributed by atoms with Gasteiger partial charge in [-0.1, -0.05) is 30.7 Å². The van der Waals surface area contributed by atoms with E-state index >= 15 is 0 Å². The molecule has 4 aromatic rings. The van der Waals surface area contributed by atoms with Crippen LogP contribution in [0.1, 0.15) is 34.3 Å². The summed E-state index contributed by atoms with van der Waals surface area (Å²) in [5.74, 6) is -3.04. The van der Waals surface area contributed by atoms with Crippen LogP contribution in [-0.4, -0.2) is 36.5 Å². The quantitative estimate of drug-likeness (QED) is 0.361. The number of aryl methyl sites for hydroxylation is 2. The van der Waals surface area contributed by atoms with Crippen molar-refractivity contribution in [3.05, 3.63) is 86.9 Å². The molecule has 0 fully saturated rings. The number of hydrogen-bond donors (Lipinski definition) is 2. The molecule has 0 radical (unpaired) electrons. The Morgan fingerprint density at radius 2 is 1.76 bits per heavy atom. The number of carbonyl (C=O) groups is 1. The lowest BCUT2D eigenvalue weighted by atomic mass is 9.77. The first-order valence-electron chi connectivity index (χ1n) is 10.9. The highest BCUT2D eigenvalue weighted by Gasteiger charge is 2.59. The summed E-state index contributed by atoms with van der Waals surface area (Å²) in [4.78, 5) is 27.5. The molecule has 12 heteroatoms. The normalized spacial score (nSPS) is 14.4. The monoisotopic (exact) mass is 535 g/mol. The lowest BCUT2D eigenvalue weighted by Crippen LogP contribution is -2.46. The van der Waals surface area contributed by atoms with Gasteiger partial charge in [0.15, 0.2) is 5.60 Å². The van der Waals surface area contributed by atoms with E-state index in [1.165, 1.54) is 72.7 Å². The Labute approximate surface area is 213 Å². The number of carboxylic acids is 1. The highest BCUT2D eigenvalue weighted by Crippen LogP contribution is 2.50. The third kappa shape index (κ3) is 4.34. The van der Waals surface area contributed by atoms with E-state index in [9.17, 15) is 33.0 Å². The minimum atomic E-state index is -5.11. The molecule has 0 unspecified atom stereocenters. The van der Waals surface area contributed by atoms with E-state index in [4.69, 9.17) is 16.3 Å². The number of nitrogens with zero attached hydrogens (tertiary/aromatic N) is 3. The van der Waals surface area contributed by atoms with E-state index < -0.39 is 34.9 Å². The van der Waals surface area contributed by atoms with E-state index in [-0.39, 0.29) is 33.3 Å². The Kier molecular flexibility index (Phi) is 6.55. The maximum atomic E-state index is 14.5. The van der Waals surface area contributed by atoms with Crippen LogP contribution in [0.2, 0.25) is 5.02 Å². The van der Waals surface area contributed by atoms with Gasteiger partial charge in [0.25, 0.3) is 0 Å². The molecule has 0 aliphatic heterocycles. The molecule has 2 aromatic heterocycles. The highest BCUT2D eigenvalue weighted by molar-refractivity contribution is 6.31. The number of aromatic nitrogens is 3. The van der Waals surface area contributed by atoms with Gasteiger partial charge in [-0.15, -0.1) is 0 Å². The van der Waals surface area contributed by atoms with E-state index in [0.29, 0.717) is 5.52 Å². The lowest BCUT2D eigenvalue weighted by molar-refractivity contribution is -0.274. The first-order chi connectivity index (χ1) is 17.3. The van der Waals surface area contributed by atoms with Crippen molar-refractivity contribution in [1.29, 1.82) is 0 Å². The first-order valence-corrected chi connectivity index (χ1v) is 11.3. The predicted molar refractivity (Wildman–Crippen MR) is 129 cm³/mol. The van der Waals surface area contributed by atoms with Crippen molar-refractivity contribution in [2.75, 3.05) is 0 Å². The summed E-state index contributed by atoms with van der Waals surface area (Å²) in [6.07, 6.45) is -3.79. The van der Waals surface area contributed by atoms with Crippen molar-refractivity contribution >= 4 is 28.6 Å². The van der Waals surface area contributed by atoms with Gasteiger partial charge in [0.1, 0.15) is 11.3 Å². The van der Waals surface area contributed by atoms with Gasteiger partial charge < -0.3 is 14.9 Å². The van der Waals surface area contributed by atoms with E-state index in [1.54, 1.807) is 0 Å². The van der Waals surface area contributed by atoms with Gasteiger partial charge >= 0.3 is 17.8 Å². The number of hydrogen-bond acceptors (Lipinski definition) is 5. The second-order valence-corrected chi connectivity index (χ2v) is 8.94. The molecule has 0 saturated carbocycles. The Morgan fingerprint density at radius 3 is 2.38 bits per heavy atom. The van der Waals surface area contributed by atoms with Crippen molar-refractivity contribution in [3.8, 4) is 11.6 Å². The Balaban J connectivity index is 1.77. The summed E-state index contributed by atoms with van der Waals surface area (Å²) in [6, 6.07) is 10.1. The molecule has 2 N–H and O–H groups in total. The van der Waals surface area contributed by atoms with Crippen LogP contribution in [0, 0.1) is 0 Å². The lowest BCUT2D eigenvalue weighted by Gasteiger charge is -2.37. The van der Waals surface area contributed by atoms with E-state index in [1.807, 2.05) is 0 Å². The summed E-state index contributed by atoms with van der Waals surface area (Å²) in [6.45, 7) is 1.19. The maximum absolute atomic E-state index is 14.5. The molecule has 0 bridgehead atoms. The molecule has 8 nitrogen and oxygen atoms in total. The highest BCUT2D eigenvalue weighted by atomic mass is 35.5. The summed E-state index contributed by atoms with van der Waals surface area (Å²) in [5.41, 5.74) is -3.87. The molecular weight excluding hydrogens is 515 g/mol. The predicted octanol–water partition coefficient (Wildman–Crippen LogP) is 4.97. The molecule has 0 saturated heterocycles. The fourth-order valence-corrected chi connectivity index (χ4v) is 4.63. The zero-order valence-electron chi connectivity index (χ0n) is 19.7. The first kappa shape index (κ1) is 26.2. The molecule has 2 heterocycles. The van der Waals surface area contributed by atoms with Crippen molar-refractivity contribution in [2.45, 2.75) is 24.6 Å². The number of rotatable bonds is 6. The summed E-state index contributed by atoms with van der Waals surface area (Å²) >= 11 is 6.34. The van der Waals surface area contributed by atoms with Gasteiger partial charge in [0, 0.05) is 31.2 Å². The molecular formula is C25H21ClF3N3O5. The molecule has 0 aliphatic carbocycles. The molecule has 37 heavy (non-hydrogen) atoms. The smallest absolute Gasteiger partial charge is 0.422 e. The summed E-state index contributed by atoms with van der Waals surface area (Å²) < 4.78 is 51.4. The van der Waals surface area contributed by atoms with E-state index in [2.05, 4.69) is 4.98 Å². The van der Waals surface area contributed by atoms with Crippen LogP contribution < -0.4 is 10.4 Å². The number of alkyl halides is 3. The van der Waals surface area contributed by atoms with E-state index in [0.717, 1.165) is 12.1 Å². The number of fused-ring (bicyclic) bond motifs is 1. The summed E-state index contributed by atoms with van der Waals surface area (Å²) in [5, 5.41) is 20.4. The molecule has 0 aliphatic rings. The molecule has 2 aromatic carbocycles. The van der Waals surface area contributed by atoms with Crippen LogP contribution in [0.25, 0.3) is 11.0 Å². The van der Waals surface area contributed by atoms with Crippen molar-refractivity contribution in [2.24, 2.45) is 14.1 Å². The number of pyridine rings is 1. The van der Waals surface area contributed by atoms with Crippen molar-refractivity contribution in [3.63, 3.8) is 0 Å². The van der Waals surface area contributed by atoms with Crippen LogP contribution in [-0.2, 0) is 19.7 Å². The number of ether oxygens (including phenoxy) is 1.